The van der Waals surface area contributed by atoms with Gasteiger partial charge in [0.2, 0.25) is 17.7 Å². The van der Waals surface area contributed by atoms with Crippen molar-refractivity contribution in [2.24, 2.45) is 5.92 Å². The first-order valence-corrected chi connectivity index (χ1v) is 13.2. The van der Waals surface area contributed by atoms with Gasteiger partial charge in [-0.2, -0.15) is 0 Å². The molecule has 39 heavy (non-hydrogen) atoms. The normalized spacial score (nSPS) is 12.8. The monoisotopic (exact) mass is 551 g/mol. The summed E-state index contributed by atoms with van der Waals surface area (Å²) in [5.41, 5.74) is 1.69. The van der Waals surface area contributed by atoms with Gasteiger partial charge in [-0.25, -0.2) is 0 Å². The van der Waals surface area contributed by atoms with Crippen LogP contribution in [-0.4, -0.2) is 38.8 Å². The fourth-order valence-corrected chi connectivity index (χ4v) is 4.63. The van der Waals surface area contributed by atoms with Crippen LogP contribution < -0.4 is 10.6 Å². The molecule has 2 atom stereocenters. The third-order valence-electron chi connectivity index (χ3n) is 6.77. The van der Waals surface area contributed by atoms with Crippen LogP contribution in [0.4, 0.5) is 0 Å². The molecule has 0 aliphatic carbocycles. The van der Waals surface area contributed by atoms with E-state index in [4.69, 9.17) is 11.6 Å². The van der Waals surface area contributed by atoms with Crippen molar-refractivity contribution in [3.8, 4) is 11.8 Å². The van der Waals surface area contributed by atoms with E-state index in [1.54, 1.807) is 30.3 Å². The highest BCUT2D eigenvalue weighted by Gasteiger charge is 2.33. The van der Waals surface area contributed by atoms with Crippen molar-refractivity contribution in [3.63, 3.8) is 0 Å². The Morgan fingerprint density at radius 1 is 0.949 bits per heavy atom. The number of amides is 2. The van der Waals surface area contributed by atoms with Crippen LogP contribution in [0.5, 0.6) is 11.8 Å². The summed E-state index contributed by atoms with van der Waals surface area (Å²) in [6, 6.07) is 14.5. The maximum absolute atomic E-state index is 13.5. The Bertz CT molecular complexity index is 1310. The van der Waals surface area contributed by atoms with Crippen LogP contribution in [0, 0.1) is 12.8 Å². The fourth-order valence-electron chi connectivity index (χ4n) is 4.50. The number of aromatic nitrogens is 1. The average molecular weight is 552 g/mol. The molecule has 3 rings (SSSR count). The minimum Gasteiger partial charge on any atom is -0.494 e. The molecule has 0 spiro atoms. The van der Waals surface area contributed by atoms with E-state index in [1.165, 1.54) is 13.0 Å². The number of carbonyl (C=O) groups is 3. The molecule has 0 radical (unpaired) electrons. The zero-order valence-electron chi connectivity index (χ0n) is 22.2. The van der Waals surface area contributed by atoms with Gasteiger partial charge in [0.25, 0.3) is 0 Å². The molecule has 9 heteroatoms. The molecule has 0 fully saturated rings. The lowest BCUT2D eigenvalue weighted by Gasteiger charge is -2.26. The second-order valence-electron chi connectivity index (χ2n) is 9.37. The molecule has 5 N–H and O–H groups in total. The lowest BCUT2D eigenvalue weighted by Crippen LogP contribution is -2.47. The molecule has 1 heterocycles. The number of benzene rings is 2. The minimum absolute atomic E-state index is 0.0510. The topological polar surface area (TPSA) is 132 Å². The Kier molecular flexibility index (Phi) is 10.3. The second-order valence-corrected chi connectivity index (χ2v) is 9.81. The Morgan fingerprint density at radius 2 is 1.59 bits per heavy atom. The summed E-state index contributed by atoms with van der Waals surface area (Å²) < 4.78 is 0. The van der Waals surface area contributed by atoms with Crippen molar-refractivity contribution in [3.05, 3.63) is 87.9 Å². The third kappa shape index (κ3) is 7.74. The largest absolute Gasteiger partial charge is 0.494 e. The summed E-state index contributed by atoms with van der Waals surface area (Å²) in [6.07, 6.45) is 4.14. The Labute approximate surface area is 233 Å². The summed E-state index contributed by atoms with van der Waals surface area (Å²) in [5, 5.41) is 26.5. The van der Waals surface area contributed by atoms with E-state index >= 15 is 0 Å². The highest BCUT2D eigenvalue weighted by atomic mass is 35.5. The van der Waals surface area contributed by atoms with Crippen LogP contribution in [0.3, 0.4) is 0 Å². The maximum Gasteiger partial charge on any atom is 0.244 e. The van der Waals surface area contributed by atoms with Crippen LogP contribution in [0.25, 0.3) is 6.08 Å². The van der Waals surface area contributed by atoms with Gasteiger partial charge in [0.05, 0.1) is 24.1 Å². The number of nitrogens with one attached hydrogen (secondary N) is 3. The standard InChI is InChI=1S/C30H34ClN3O5/c1-4-20(5-2)27(28(37)26-18(3)29(38)34-30(26)39)33-25(36)17-23(21-9-7-6-8-10-21)32-24(35)16-13-19-11-14-22(31)15-12-19/h6-16,20,23,27,34,38-39H,4-5,17H2,1-3H3,(H,32,35)(H,33,36)/t23-,27?/m0/s1. The number of halogens is 1. The van der Waals surface area contributed by atoms with E-state index < -0.39 is 29.7 Å². The van der Waals surface area contributed by atoms with Gasteiger partial charge in [-0.3, -0.25) is 19.4 Å². The van der Waals surface area contributed by atoms with Crippen LogP contribution in [-0.2, 0) is 9.59 Å². The first-order valence-electron chi connectivity index (χ1n) is 12.9. The van der Waals surface area contributed by atoms with Crippen molar-refractivity contribution < 1.29 is 24.6 Å². The number of aromatic hydroxyl groups is 2. The molecule has 0 aliphatic rings. The first kappa shape index (κ1) is 29.5. The van der Waals surface area contributed by atoms with E-state index in [9.17, 15) is 24.6 Å². The zero-order valence-corrected chi connectivity index (χ0v) is 23.0. The number of carbonyl (C=O) groups excluding carboxylic acids is 3. The van der Waals surface area contributed by atoms with Crippen molar-refractivity contribution >= 4 is 35.3 Å². The summed E-state index contributed by atoms with van der Waals surface area (Å²) in [4.78, 5) is 41.9. The Morgan fingerprint density at radius 3 is 2.15 bits per heavy atom. The van der Waals surface area contributed by atoms with Gasteiger partial charge in [-0.1, -0.05) is 80.8 Å². The minimum atomic E-state index is -0.927. The van der Waals surface area contributed by atoms with E-state index in [1.807, 2.05) is 44.2 Å². The molecule has 0 bridgehead atoms. The molecule has 3 aromatic rings. The highest BCUT2D eigenvalue weighted by Crippen LogP contribution is 2.31. The maximum atomic E-state index is 13.5. The van der Waals surface area contributed by atoms with Gasteiger partial charge in [-0.15, -0.1) is 0 Å². The van der Waals surface area contributed by atoms with Crippen molar-refractivity contribution in [1.29, 1.82) is 0 Å². The smallest absolute Gasteiger partial charge is 0.244 e. The third-order valence-corrected chi connectivity index (χ3v) is 7.03. The molecule has 0 aliphatic heterocycles. The van der Waals surface area contributed by atoms with Crippen LogP contribution >= 0.6 is 11.6 Å². The predicted octanol–water partition coefficient (Wildman–Crippen LogP) is 5.45. The van der Waals surface area contributed by atoms with Crippen LogP contribution in [0.15, 0.2) is 60.7 Å². The van der Waals surface area contributed by atoms with E-state index in [0.717, 1.165) is 11.1 Å². The highest BCUT2D eigenvalue weighted by molar-refractivity contribution is 6.30. The summed E-state index contributed by atoms with van der Waals surface area (Å²) >= 11 is 5.92. The fraction of sp³-hybridized carbons (Fsp3) is 0.300. The average Bonchev–Trinajstić information content (AvgIpc) is 3.18. The molecule has 8 nitrogen and oxygen atoms in total. The van der Waals surface area contributed by atoms with Gasteiger partial charge >= 0.3 is 0 Å². The molecule has 2 amide bonds. The number of aromatic amines is 1. The van der Waals surface area contributed by atoms with Gasteiger partial charge < -0.3 is 20.8 Å². The number of hydrogen-bond acceptors (Lipinski definition) is 5. The van der Waals surface area contributed by atoms with Crippen LogP contribution in [0.1, 0.15) is 66.2 Å². The summed E-state index contributed by atoms with van der Waals surface area (Å²) in [7, 11) is 0. The second kappa shape index (κ2) is 13.7. The molecule has 1 unspecified atom stereocenters. The van der Waals surface area contributed by atoms with E-state index in [0.29, 0.717) is 17.9 Å². The Hall–Kier alpha value is -4.04. The summed E-state index contributed by atoms with van der Waals surface area (Å²) in [6.45, 7) is 5.35. The predicted molar refractivity (Wildman–Crippen MR) is 152 cm³/mol. The molecular formula is C30H34ClN3O5. The SMILES string of the molecule is CCC(CC)C(NC(=O)C[C@H](NC(=O)C=Cc1ccc(Cl)cc1)c1ccccc1)C(=O)c1c(O)[nH]c(O)c1C. The Balaban J connectivity index is 1.80. The molecule has 1 aromatic heterocycles. The lowest BCUT2D eigenvalue weighted by molar-refractivity contribution is -0.123. The van der Waals surface area contributed by atoms with Gasteiger partial charge in [0, 0.05) is 16.7 Å². The number of hydrogen-bond donors (Lipinski definition) is 5. The quantitative estimate of drug-likeness (QED) is 0.151. The van der Waals surface area contributed by atoms with E-state index in [2.05, 4.69) is 15.6 Å². The summed E-state index contributed by atoms with van der Waals surface area (Å²) in [5.74, 6) is -2.26. The lowest BCUT2D eigenvalue weighted by atomic mass is 9.87. The van der Waals surface area contributed by atoms with Crippen molar-refractivity contribution in [2.45, 2.75) is 52.1 Å². The molecular weight excluding hydrogens is 518 g/mol. The number of H-pyrrole nitrogens is 1. The van der Waals surface area contributed by atoms with Gasteiger partial charge in [-0.05, 0) is 42.2 Å². The molecule has 206 valence electrons. The number of Topliss-reactive ketones (excluding diaryl/α,β-unsaturated/α-hetero) is 1. The van der Waals surface area contributed by atoms with Crippen molar-refractivity contribution in [1.82, 2.24) is 15.6 Å². The van der Waals surface area contributed by atoms with Gasteiger partial charge in [0.15, 0.2) is 11.7 Å². The number of rotatable bonds is 12. The number of ketones is 1. The molecule has 2 aromatic carbocycles. The zero-order chi connectivity index (χ0) is 28.5. The van der Waals surface area contributed by atoms with Crippen LogP contribution in [0.2, 0.25) is 5.02 Å². The molecule has 0 saturated carbocycles. The van der Waals surface area contributed by atoms with E-state index in [-0.39, 0.29) is 35.3 Å². The first-order chi connectivity index (χ1) is 18.6. The van der Waals surface area contributed by atoms with Gasteiger partial charge in [0.1, 0.15) is 0 Å². The molecule has 0 saturated heterocycles. The van der Waals surface area contributed by atoms with Crippen molar-refractivity contribution in [2.75, 3.05) is 0 Å².